The summed E-state index contributed by atoms with van der Waals surface area (Å²) in [4.78, 5) is 28.7. The van der Waals surface area contributed by atoms with Crippen molar-refractivity contribution in [3.05, 3.63) is 59.9 Å². The van der Waals surface area contributed by atoms with Crippen LogP contribution in [0.4, 0.5) is 16.4 Å². The highest BCUT2D eigenvalue weighted by Crippen LogP contribution is 2.31. The van der Waals surface area contributed by atoms with E-state index in [1.165, 1.54) is 0 Å². The summed E-state index contributed by atoms with van der Waals surface area (Å²) in [5.41, 5.74) is 4.44. The van der Waals surface area contributed by atoms with Gasteiger partial charge in [0.05, 0.1) is 18.8 Å². The maximum atomic E-state index is 11.7. The maximum absolute atomic E-state index is 11.7. The normalized spacial score (nSPS) is 16.2. The molecule has 0 bridgehead atoms. The van der Waals surface area contributed by atoms with Gasteiger partial charge in [-0.3, -0.25) is 0 Å². The van der Waals surface area contributed by atoms with Crippen molar-refractivity contribution in [3.63, 3.8) is 0 Å². The first-order valence-corrected chi connectivity index (χ1v) is 12.3. The van der Waals surface area contributed by atoms with Crippen molar-refractivity contribution >= 4 is 29.9 Å². The fourth-order valence-corrected chi connectivity index (χ4v) is 4.51. The summed E-state index contributed by atoms with van der Waals surface area (Å²) in [5.74, 6) is 1.08. The van der Waals surface area contributed by atoms with Crippen molar-refractivity contribution in [3.8, 4) is 17.1 Å². The average molecular weight is 503 g/mol. The van der Waals surface area contributed by atoms with E-state index in [1.807, 2.05) is 24.3 Å². The van der Waals surface area contributed by atoms with Gasteiger partial charge in [0, 0.05) is 55.9 Å². The Morgan fingerprint density at radius 2 is 1.89 bits per heavy atom. The molecule has 1 aliphatic rings. The highest BCUT2D eigenvalue weighted by atomic mass is 16.5. The molecule has 0 radical (unpaired) electrons. The Morgan fingerprint density at radius 3 is 2.54 bits per heavy atom. The molecule has 37 heavy (non-hydrogen) atoms. The third kappa shape index (κ3) is 5.99. The number of aromatic nitrogens is 3. The predicted molar refractivity (Wildman–Crippen MR) is 147 cm³/mol. The van der Waals surface area contributed by atoms with Crippen LogP contribution >= 0.6 is 0 Å². The highest BCUT2D eigenvalue weighted by Gasteiger charge is 2.38. The number of carbonyl (C=O) groups is 1. The Kier molecular flexibility index (Phi) is 7.61. The molecular weight excluding hydrogens is 468 g/mol. The van der Waals surface area contributed by atoms with E-state index in [0.29, 0.717) is 31.5 Å². The van der Waals surface area contributed by atoms with E-state index in [-0.39, 0.29) is 11.5 Å². The summed E-state index contributed by atoms with van der Waals surface area (Å²) in [6.07, 6.45) is 6.59. The summed E-state index contributed by atoms with van der Waals surface area (Å²) >= 11 is 0. The van der Waals surface area contributed by atoms with Gasteiger partial charge in [-0.05, 0) is 41.3 Å². The number of methoxy groups -OCH3 is 1. The van der Waals surface area contributed by atoms with Gasteiger partial charge in [-0.1, -0.05) is 39.0 Å². The molecule has 3 aromatic rings. The number of piperazine rings is 1. The molecule has 2 aromatic heterocycles. The van der Waals surface area contributed by atoms with Gasteiger partial charge in [-0.2, -0.15) is 0 Å². The van der Waals surface area contributed by atoms with Crippen molar-refractivity contribution < 1.29 is 14.6 Å². The SMILES string of the molecule is CNc1nccc(-c2cnc(OC)c(/C=C/c3ccc(N4CCN(C(=O)O)C(C(C)(C)C)C4)cc3)c2)n1. The van der Waals surface area contributed by atoms with E-state index in [4.69, 9.17) is 4.74 Å². The molecule has 1 unspecified atom stereocenters. The molecule has 2 N–H and O–H groups in total. The largest absolute Gasteiger partial charge is 0.481 e. The third-order valence-electron chi connectivity index (χ3n) is 6.59. The summed E-state index contributed by atoms with van der Waals surface area (Å²) in [6.45, 7) is 8.10. The first-order valence-electron chi connectivity index (χ1n) is 12.3. The summed E-state index contributed by atoms with van der Waals surface area (Å²) in [5, 5.41) is 12.6. The van der Waals surface area contributed by atoms with Crippen LogP contribution < -0.4 is 15.0 Å². The van der Waals surface area contributed by atoms with E-state index in [0.717, 1.165) is 28.1 Å². The van der Waals surface area contributed by atoms with Crippen molar-refractivity contribution in [1.29, 1.82) is 0 Å². The second-order valence-corrected chi connectivity index (χ2v) is 10.1. The van der Waals surface area contributed by atoms with Gasteiger partial charge < -0.3 is 25.0 Å². The average Bonchev–Trinajstić information content (AvgIpc) is 2.91. The zero-order valence-electron chi connectivity index (χ0n) is 22.0. The van der Waals surface area contributed by atoms with Crippen molar-refractivity contribution in [2.75, 3.05) is 44.0 Å². The molecule has 1 amide bonds. The predicted octanol–water partition coefficient (Wildman–Crippen LogP) is 4.97. The fraction of sp³-hybridized carbons (Fsp3) is 0.357. The second kappa shape index (κ2) is 10.9. The third-order valence-corrected chi connectivity index (χ3v) is 6.59. The molecule has 9 heteroatoms. The van der Waals surface area contributed by atoms with Gasteiger partial charge in [-0.15, -0.1) is 0 Å². The molecule has 194 valence electrons. The number of pyridine rings is 1. The van der Waals surface area contributed by atoms with Crippen molar-refractivity contribution in [2.45, 2.75) is 26.8 Å². The molecular formula is C28H34N6O3. The summed E-state index contributed by atoms with van der Waals surface area (Å²) in [7, 11) is 3.39. The lowest BCUT2D eigenvalue weighted by atomic mass is 9.84. The minimum absolute atomic E-state index is 0.0790. The Labute approximate surface area is 217 Å². The summed E-state index contributed by atoms with van der Waals surface area (Å²) in [6, 6.07) is 12.1. The van der Waals surface area contributed by atoms with E-state index in [9.17, 15) is 9.90 Å². The molecule has 1 saturated heterocycles. The maximum Gasteiger partial charge on any atom is 0.407 e. The van der Waals surface area contributed by atoms with Crippen molar-refractivity contribution in [1.82, 2.24) is 19.9 Å². The molecule has 1 fully saturated rings. The molecule has 9 nitrogen and oxygen atoms in total. The molecule has 0 spiro atoms. The first kappa shape index (κ1) is 25.9. The number of hydrogen-bond acceptors (Lipinski definition) is 7. The van der Waals surface area contributed by atoms with Crippen LogP contribution in [0.15, 0.2) is 48.8 Å². The molecule has 1 aliphatic heterocycles. The van der Waals surface area contributed by atoms with Crippen molar-refractivity contribution in [2.24, 2.45) is 5.41 Å². The number of anilines is 2. The van der Waals surface area contributed by atoms with Crippen LogP contribution in [-0.4, -0.2) is 70.9 Å². The molecule has 1 atom stereocenters. The monoisotopic (exact) mass is 502 g/mol. The van der Waals surface area contributed by atoms with Gasteiger partial charge in [0.15, 0.2) is 0 Å². The Bertz CT molecular complexity index is 1270. The number of amides is 1. The number of nitrogens with one attached hydrogen (secondary N) is 1. The van der Waals surface area contributed by atoms with Crippen LogP contribution in [0.5, 0.6) is 5.88 Å². The quantitative estimate of drug-likeness (QED) is 0.487. The number of carboxylic acid groups (broad SMARTS) is 1. The minimum atomic E-state index is -0.851. The van der Waals surface area contributed by atoms with Gasteiger partial charge in [0.25, 0.3) is 0 Å². The number of rotatable bonds is 6. The first-order chi connectivity index (χ1) is 17.7. The van der Waals surface area contributed by atoms with Gasteiger partial charge in [0.1, 0.15) is 0 Å². The standard InChI is InChI=1S/C28H34N6O3/c1-28(2,3)24-18-33(14-15-34(24)27(35)36)22-10-7-19(8-11-22)6-9-20-16-21(17-31-25(20)37-5)23-12-13-30-26(29-4)32-23/h6-13,16-17,24H,14-15,18H2,1-5H3,(H,35,36)(H,29,30,32)/b9-6+. The number of nitrogens with zero attached hydrogens (tertiary/aromatic N) is 5. The van der Waals surface area contributed by atoms with Crippen LogP contribution in [0.25, 0.3) is 23.4 Å². The zero-order chi connectivity index (χ0) is 26.6. The Balaban J connectivity index is 1.52. The minimum Gasteiger partial charge on any atom is -0.481 e. The summed E-state index contributed by atoms with van der Waals surface area (Å²) < 4.78 is 5.47. The van der Waals surface area contributed by atoms with Gasteiger partial charge in [0.2, 0.25) is 11.8 Å². The van der Waals surface area contributed by atoms with Crippen LogP contribution in [-0.2, 0) is 0 Å². The van der Waals surface area contributed by atoms with E-state index in [2.05, 4.69) is 70.2 Å². The smallest absolute Gasteiger partial charge is 0.407 e. The van der Waals surface area contributed by atoms with Crippen LogP contribution in [0.3, 0.4) is 0 Å². The fourth-order valence-electron chi connectivity index (χ4n) is 4.51. The lowest BCUT2D eigenvalue weighted by Crippen LogP contribution is -2.59. The van der Waals surface area contributed by atoms with Gasteiger partial charge in [-0.25, -0.2) is 19.7 Å². The molecule has 3 heterocycles. The number of benzene rings is 1. The van der Waals surface area contributed by atoms with E-state index < -0.39 is 6.09 Å². The number of ether oxygens (including phenoxy) is 1. The highest BCUT2D eigenvalue weighted by molar-refractivity contribution is 5.75. The van der Waals surface area contributed by atoms with Crippen LogP contribution in [0.2, 0.25) is 0 Å². The Morgan fingerprint density at radius 1 is 1.14 bits per heavy atom. The molecule has 1 aromatic carbocycles. The Hall–Kier alpha value is -4.14. The lowest BCUT2D eigenvalue weighted by Gasteiger charge is -2.46. The van der Waals surface area contributed by atoms with E-state index in [1.54, 1.807) is 31.5 Å². The zero-order valence-corrected chi connectivity index (χ0v) is 22.0. The van der Waals surface area contributed by atoms with Gasteiger partial charge >= 0.3 is 6.09 Å². The molecule has 0 saturated carbocycles. The molecule has 0 aliphatic carbocycles. The van der Waals surface area contributed by atoms with E-state index >= 15 is 0 Å². The van der Waals surface area contributed by atoms with Crippen LogP contribution in [0, 0.1) is 5.41 Å². The van der Waals surface area contributed by atoms with Crippen LogP contribution in [0.1, 0.15) is 31.9 Å². The molecule has 4 rings (SSSR count). The lowest BCUT2D eigenvalue weighted by molar-refractivity contribution is 0.0748. The second-order valence-electron chi connectivity index (χ2n) is 10.1. The number of hydrogen-bond donors (Lipinski definition) is 2. The topological polar surface area (TPSA) is 104 Å².